The molecule has 0 aliphatic carbocycles. The lowest BCUT2D eigenvalue weighted by Gasteiger charge is -2.42. The molecule has 1 fully saturated rings. The highest BCUT2D eigenvalue weighted by Crippen LogP contribution is 2.32. The molecule has 1 aromatic carbocycles. The zero-order valence-corrected chi connectivity index (χ0v) is 9.57. The molecule has 0 amide bonds. The highest BCUT2D eigenvalue weighted by atomic mass is 35.5. The van der Waals surface area contributed by atoms with Crippen LogP contribution in [0, 0.1) is 11.2 Å². The van der Waals surface area contributed by atoms with Crippen molar-refractivity contribution in [2.24, 2.45) is 5.41 Å². The van der Waals surface area contributed by atoms with Crippen molar-refractivity contribution in [2.45, 2.75) is 19.8 Å². The van der Waals surface area contributed by atoms with Crippen LogP contribution in [0.4, 0.5) is 4.39 Å². The largest absolute Gasteiger partial charge is 0.316 e. The Labute approximate surface area is 94.6 Å². The second-order valence-corrected chi connectivity index (χ2v) is 4.81. The van der Waals surface area contributed by atoms with Gasteiger partial charge in [-0.2, -0.15) is 0 Å². The summed E-state index contributed by atoms with van der Waals surface area (Å²) >= 11 is 5.87. The van der Waals surface area contributed by atoms with Gasteiger partial charge in [0.2, 0.25) is 0 Å². The van der Waals surface area contributed by atoms with Crippen LogP contribution >= 0.6 is 11.6 Å². The lowest BCUT2D eigenvalue weighted by molar-refractivity contribution is 0.158. The number of nitrogens with one attached hydrogen (secondary N) is 1. The fraction of sp³-hybridized carbons (Fsp3) is 0.500. The van der Waals surface area contributed by atoms with Gasteiger partial charge in [0.15, 0.2) is 0 Å². The normalized spacial score (nSPS) is 18.6. The summed E-state index contributed by atoms with van der Waals surface area (Å²) in [6, 6.07) is 4.79. The van der Waals surface area contributed by atoms with Crippen LogP contribution in [0.25, 0.3) is 0 Å². The van der Waals surface area contributed by atoms with Crippen molar-refractivity contribution in [3.05, 3.63) is 34.6 Å². The van der Waals surface area contributed by atoms with Gasteiger partial charge in [-0.3, -0.25) is 0 Å². The molecule has 2 rings (SSSR count). The molecule has 0 unspecified atom stereocenters. The Morgan fingerprint density at radius 2 is 2.20 bits per heavy atom. The zero-order chi connectivity index (χ0) is 10.9. The third-order valence-corrected chi connectivity index (χ3v) is 3.56. The van der Waals surface area contributed by atoms with E-state index < -0.39 is 0 Å². The van der Waals surface area contributed by atoms with E-state index in [-0.39, 0.29) is 11.2 Å². The Morgan fingerprint density at radius 3 is 2.73 bits per heavy atom. The van der Waals surface area contributed by atoms with Crippen molar-refractivity contribution < 1.29 is 4.39 Å². The molecule has 0 saturated carbocycles. The van der Waals surface area contributed by atoms with E-state index in [1.54, 1.807) is 12.1 Å². The van der Waals surface area contributed by atoms with Crippen LogP contribution in [0.15, 0.2) is 18.2 Å². The molecule has 0 aromatic heterocycles. The molecule has 15 heavy (non-hydrogen) atoms. The maximum atomic E-state index is 13.5. The third-order valence-electron chi connectivity index (χ3n) is 3.32. The quantitative estimate of drug-likeness (QED) is 0.837. The summed E-state index contributed by atoms with van der Waals surface area (Å²) in [6.07, 6.45) is 1.86. The van der Waals surface area contributed by atoms with E-state index in [4.69, 9.17) is 11.6 Å². The molecule has 0 bridgehead atoms. The first kappa shape index (κ1) is 10.9. The highest BCUT2D eigenvalue weighted by molar-refractivity contribution is 6.30. The molecular weight excluding hydrogens is 213 g/mol. The summed E-state index contributed by atoms with van der Waals surface area (Å²) in [5.74, 6) is -0.140. The van der Waals surface area contributed by atoms with Gasteiger partial charge in [-0.25, -0.2) is 4.39 Å². The summed E-state index contributed by atoms with van der Waals surface area (Å²) in [5.41, 5.74) is 0.983. The van der Waals surface area contributed by atoms with Crippen molar-refractivity contribution in [3.8, 4) is 0 Å². The standard InChI is InChI=1S/C12H15ClFN/c1-2-12(7-15-8-12)6-9-5-10(13)3-4-11(9)14/h3-5,15H,2,6-8H2,1H3. The Balaban J connectivity index is 2.19. The fourth-order valence-corrected chi connectivity index (χ4v) is 2.26. The molecule has 3 heteroatoms. The smallest absolute Gasteiger partial charge is 0.126 e. The second-order valence-electron chi connectivity index (χ2n) is 4.37. The maximum absolute atomic E-state index is 13.5. The van der Waals surface area contributed by atoms with Gasteiger partial charge >= 0.3 is 0 Å². The SMILES string of the molecule is CCC1(Cc2cc(Cl)ccc2F)CNC1. The molecule has 1 N–H and O–H groups in total. The van der Waals surface area contributed by atoms with Gasteiger partial charge < -0.3 is 5.32 Å². The van der Waals surface area contributed by atoms with E-state index in [2.05, 4.69) is 12.2 Å². The molecule has 1 heterocycles. The Morgan fingerprint density at radius 1 is 1.47 bits per heavy atom. The number of hydrogen-bond donors (Lipinski definition) is 1. The molecule has 1 aliphatic rings. The van der Waals surface area contributed by atoms with E-state index in [9.17, 15) is 4.39 Å². The van der Waals surface area contributed by atoms with Crippen LogP contribution in [0.2, 0.25) is 5.02 Å². The van der Waals surface area contributed by atoms with E-state index >= 15 is 0 Å². The highest BCUT2D eigenvalue weighted by Gasteiger charge is 2.35. The average molecular weight is 228 g/mol. The summed E-state index contributed by atoms with van der Waals surface area (Å²) in [5, 5.41) is 3.87. The maximum Gasteiger partial charge on any atom is 0.126 e. The average Bonchev–Trinajstić information content (AvgIpc) is 2.17. The minimum Gasteiger partial charge on any atom is -0.316 e. The van der Waals surface area contributed by atoms with Crippen LogP contribution in [0.1, 0.15) is 18.9 Å². The second kappa shape index (κ2) is 4.11. The summed E-state index contributed by atoms with van der Waals surface area (Å²) < 4.78 is 13.5. The molecule has 1 nitrogen and oxygen atoms in total. The van der Waals surface area contributed by atoms with Crippen molar-refractivity contribution in [3.63, 3.8) is 0 Å². The van der Waals surface area contributed by atoms with E-state index in [1.165, 1.54) is 6.07 Å². The van der Waals surface area contributed by atoms with Crippen LogP contribution in [-0.4, -0.2) is 13.1 Å². The Hall–Kier alpha value is -0.600. The first-order valence-corrected chi connectivity index (χ1v) is 5.68. The summed E-state index contributed by atoms with van der Waals surface area (Å²) in [6.45, 7) is 4.12. The van der Waals surface area contributed by atoms with Crippen molar-refractivity contribution in [1.29, 1.82) is 0 Å². The molecule has 1 saturated heterocycles. The molecule has 82 valence electrons. The number of halogens is 2. The van der Waals surface area contributed by atoms with Gasteiger partial charge in [-0.1, -0.05) is 18.5 Å². The molecular formula is C12H15ClFN. The van der Waals surface area contributed by atoms with E-state index in [1.807, 2.05) is 0 Å². The Bertz CT molecular complexity index is 355. The van der Waals surface area contributed by atoms with E-state index in [0.29, 0.717) is 5.02 Å². The van der Waals surface area contributed by atoms with Crippen LogP contribution in [-0.2, 0) is 6.42 Å². The fourth-order valence-electron chi connectivity index (χ4n) is 2.06. The topological polar surface area (TPSA) is 12.0 Å². The zero-order valence-electron chi connectivity index (χ0n) is 8.82. The van der Waals surface area contributed by atoms with Crippen molar-refractivity contribution >= 4 is 11.6 Å². The van der Waals surface area contributed by atoms with Gasteiger partial charge in [0.25, 0.3) is 0 Å². The molecule has 1 aromatic rings. The van der Waals surface area contributed by atoms with Gasteiger partial charge in [-0.15, -0.1) is 0 Å². The number of hydrogen-bond acceptors (Lipinski definition) is 1. The summed E-state index contributed by atoms with van der Waals surface area (Å²) in [4.78, 5) is 0. The first-order valence-electron chi connectivity index (χ1n) is 5.30. The van der Waals surface area contributed by atoms with Gasteiger partial charge in [0, 0.05) is 18.1 Å². The predicted octanol–water partition coefficient (Wildman–Crippen LogP) is 3.02. The van der Waals surface area contributed by atoms with Crippen LogP contribution in [0.5, 0.6) is 0 Å². The lowest BCUT2D eigenvalue weighted by Crippen LogP contribution is -2.54. The van der Waals surface area contributed by atoms with E-state index in [0.717, 1.165) is 31.5 Å². The molecule has 0 atom stereocenters. The van der Waals surface area contributed by atoms with Gasteiger partial charge in [0.1, 0.15) is 5.82 Å². The van der Waals surface area contributed by atoms with Crippen LogP contribution in [0.3, 0.4) is 0 Å². The molecule has 1 aliphatic heterocycles. The van der Waals surface area contributed by atoms with Gasteiger partial charge in [0.05, 0.1) is 0 Å². The third kappa shape index (κ3) is 2.16. The monoisotopic (exact) mass is 227 g/mol. The van der Waals surface area contributed by atoms with Crippen LogP contribution < -0.4 is 5.32 Å². The predicted molar refractivity (Wildman–Crippen MR) is 60.7 cm³/mol. The first-order chi connectivity index (χ1) is 7.15. The lowest BCUT2D eigenvalue weighted by atomic mass is 9.74. The minimum absolute atomic E-state index is 0.140. The van der Waals surface area contributed by atoms with Crippen molar-refractivity contribution in [2.75, 3.05) is 13.1 Å². The molecule has 0 radical (unpaired) electrons. The van der Waals surface area contributed by atoms with Crippen molar-refractivity contribution in [1.82, 2.24) is 5.32 Å². The molecule has 0 spiro atoms. The number of benzene rings is 1. The minimum atomic E-state index is -0.140. The van der Waals surface area contributed by atoms with Gasteiger partial charge in [-0.05, 0) is 42.0 Å². The number of rotatable bonds is 3. The summed E-state index contributed by atoms with van der Waals surface area (Å²) in [7, 11) is 0. The Kier molecular flexibility index (Phi) is 2.98.